The third-order valence-electron chi connectivity index (χ3n) is 2.43. The molecule has 1 aromatic carbocycles. The lowest BCUT2D eigenvalue weighted by Crippen LogP contribution is -2.32. The third-order valence-corrected chi connectivity index (χ3v) is 2.43. The lowest BCUT2D eigenvalue weighted by Gasteiger charge is -2.19. The standard InChI is InChI=1S/C15H20FNO5/c1-15(2,3)22-14(19)17-8-10-5-6-11(7-12(10)16)21-9-13(18)20-4/h5-7H,8-9H2,1-4H3,(H,17,19). The third kappa shape index (κ3) is 6.43. The molecule has 0 aliphatic rings. The molecule has 0 aromatic heterocycles. The molecule has 0 aliphatic heterocycles. The number of amides is 1. The summed E-state index contributed by atoms with van der Waals surface area (Å²) in [6.45, 7) is 4.89. The molecule has 6 nitrogen and oxygen atoms in total. The number of methoxy groups -OCH3 is 1. The number of nitrogens with one attached hydrogen (secondary N) is 1. The molecule has 0 saturated carbocycles. The largest absolute Gasteiger partial charge is 0.482 e. The smallest absolute Gasteiger partial charge is 0.407 e. The molecule has 1 amide bonds. The van der Waals surface area contributed by atoms with E-state index in [0.29, 0.717) is 0 Å². The van der Waals surface area contributed by atoms with Crippen LogP contribution < -0.4 is 10.1 Å². The van der Waals surface area contributed by atoms with Crippen LogP contribution in [0, 0.1) is 5.82 Å². The maximum atomic E-state index is 13.9. The minimum Gasteiger partial charge on any atom is -0.482 e. The fraction of sp³-hybridized carbons (Fsp3) is 0.467. The van der Waals surface area contributed by atoms with Crippen molar-refractivity contribution < 1.29 is 28.2 Å². The molecule has 7 heteroatoms. The maximum Gasteiger partial charge on any atom is 0.407 e. The van der Waals surface area contributed by atoms with E-state index >= 15 is 0 Å². The Morgan fingerprint density at radius 1 is 1.27 bits per heavy atom. The molecule has 0 saturated heterocycles. The zero-order chi connectivity index (χ0) is 16.8. The fourth-order valence-corrected chi connectivity index (χ4v) is 1.44. The summed E-state index contributed by atoms with van der Waals surface area (Å²) in [5, 5.41) is 2.46. The van der Waals surface area contributed by atoms with Gasteiger partial charge in [-0.05, 0) is 26.8 Å². The summed E-state index contributed by atoms with van der Waals surface area (Å²) in [6.07, 6.45) is -0.627. The van der Waals surface area contributed by atoms with Crippen molar-refractivity contribution in [3.8, 4) is 5.75 Å². The van der Waals surface area contributed by atoms with Crippen molar-refractivity contribution in [3.63, 3.8) is 0 Å². The maximum absolute atomic E-state index is 13.9. The van der Waals surface area contributed by atoms with E-state index in [1.54, 1.807) is 20.8 Å². The average Bonchev–Trinajstić information content (AvgIpc) is 2.41. The van der Waals surface area contributed by atoms with Crippen LogP contribution in [0.3, 0.4) is 0 Å². The van der Waals surface area contributed by atoms with E-state index in [1.165, 1.54) is 19.2 Å². The molecular weight excluding hydrogens is 293 g/mol. The molecular formula is C15H20FNO5. The van der Waals surface area contributed by atoms with Crippen LogP contribution in [-0.4, -0.2) is 31.4 Å². The van der Waals surface area contributed by atoms with Gasteiger partial charge < -0.3 is 19.5 Å². The first-order chi connectivity index (χ1) is 10.2. The number of rotatable bonds is 5. The summed E-state index contributed by atoms with van der Waals surface area (Å²) in [6, 6.07) is 4.09. The summed E-state index contributed by atoms with van der Waals surface area (Å²) in [5.41, 5.74) is -0.343. The van der Waals surface area contributed by atoms with Gasteiger partial charge in [0.1, 0.15) is 17.2 Å². The minimum absolute atomic E-state index is 0.0158. The first-order valence-electron chi connectivity index (χ1n) is 6.66. The van der Waals surface area contributed by atoms with Crippen LogP contribution in [0.15, 0.2) is 18.2 Å². The van der Waals surface area contributed by atoms with Gasteiger partial charge in [0.05, 0.1) is 7.11 Å². The number of hydrogen-bond donors (Lipinski definition) is 1. The molecule has 1 rings (SSSR count). The van der Waals surface area contributed by atoms with Crippen molar-refractivity contribution in [2.45, 2.75) is 32.9 Å². The first-order valence-corrected chi connectivity index (χ1v) is 6.66. The van der Waals surface area contributed by atoms with E-state index < -0.39 is 23.5 Å². The second-order valence-corrected chi connectivity index (χ2v) is 5.47. The predicted molar refractivity (Wildman–Crippen MR) is 77.0 cm³/mol. The highest BCUT2D eigenvalue weighted by Crippen LogP contribution is 2.17. The number of hydrogen-bond acceptors (Lipinski definition) is 5. The lowest BCUT2D eigenvalue weighted by atomic mass is 10.2. The van der Waals surface area contributed by atoms with E-state index in [4.69, 9.17) is 9.47 Å². The van der Waals surface area contributed by atoms with Crippen molar-refractivity contribution in [1.82, 2.24) is 5.32 Å². The van der Waals surface area contributed by atoms with Crippen molar-refractivity contribution in [2.75, 3.05) is 13.7 Å². The van der Waals surface area contributed by atoms with Crippen molar-refractivity contribution in [1.29, 1.82) is 0 Å². The number of carbonyl (C=O) groups excluding carboxylic acids is 2. The lowest BCUT2D eigenvalue weighted by molar-refractivity contribution is -0.142. The van der Waals surface area contributed by atoms with Gasteiger partial charge in [0.15, 0.2) is 6.61 Å². The van der Waals surface area contributed by atoms with E-state index in [9.17, 15) is 14.0 Å². The van der Waals surface area contributed by atoms with Crippen LogP contribution in [0.1, 0.15) is 26.3 Å². The highest BCUT2D eigenvalue weighted by molar-refractivity contribution is 5.70. The Hall–Kier alpha value is -2.31. The molecule has 0 spiro atoms. The molecule has 0 fully saturated rings. The quantitative estimate of drug-likeness (QED) is 0.845. The molecule has 0 heterocycles. The Bertz CT molecular complexity index is 539. The predicted octanol–water partition coefficient (Wildman–Crippen LogP) is 2.40. The van der Waals surface area contributed by atoms with E-state index in [2.05, 4.69) is 10.1 Å². The van der Waals surface area contributed by atoms with Crippen LogP contribution in [0.5, 0.6) is 5.75 Å². The number of alkyl carbamates (subject to hydrolysis) is 1. The summed E-state index contributed by atoms with van der Waals surface area (Å²) < 4.78 is 28.4. The Labute approximate surface area is 128 Å². The van der Waals surface area contributed by atoms with Gasteiger partial charge in [-0.15, -0.1) is 0 Å². The van der Waals surface area contributed by atoms with Crippen LogP contribution in [0.25, 0.3) is 0 Å². The molecule has 0 radical (unpaired) electrons. The van der Waals surface area contributed by atoms with Crippen LogP contribution in [0.2, 0.25) is 0 Å². The second kappa shape index (κ2) is 7.63. The number of benzene rings is 1. The van der Waals surface area contributed by atoms with Gasteiger partial charge in [-0.2, -0.15) is 0 Å². The number of carbonyl (C=O) groups is 2. The molecule has 0 unspecified atom stereocenters. The topological polar surface area (TPSA) is 73.9 Å². The summed E-state index contributed by atoms with van der Waals surface area (Å²) in [4.78, 5) is 22.4. The SMILES string of the molecule is COC(=O)COc1ccc(CNC(=O)OC(C)(C)C)c(F)c1. The molecule has 0 bridgehead atoms. The zero-order valence-corrected chi connectivity index (χ0v) is 13.1. The highest BCUT2D eigenvalue weighted by Gasteiger charge is 2.16. The average molecular weight is 313 g/mol. The normalized spacial score (nSPS) is 10.8. The summed E-state index contributed by atoms with van der Waals surface area (Å²) >= 11 is 0. The van der Waals surface area contributed by atoms with Crippen LogP contribution >= 0.6 is 0 Å². The van der Waals surface area contributed by atoms with E-state index in [0.717, 1.165) is 6.07 Å². The van der Waals surface area contributed by atoms with Crippen molar-refractivity contribution in [2.24, 2.45) is 0 Å². The Balaban J connectivity index is 2.55. The number of esters is 1. The van der Waals surface area contributed by atoms with E-state index in [1.807, 2.05) is 0 Å². The van der Waals surface area contributed by atoms with Gasteiger partial charge in [-0.25, -0.2) is 14.0 Å². The Morgan fingerprint density at radius 2 is 1.95 bits per heavy atom. The number of ether oxygens (including phenoxy) is 3. The minimum atomic E-state index is -0.627. The molecule has 1 aromatic rings. The monoisotopic (exact) mass is 313 g/mol. The Morgan fingerprint density at radius 3 is 2.50 bits per heavy atom. The Kier molecular flexibility index (Phi) is 6.15. The zero-order valence-electron chi connectivity index (χ0n) is 13.1. The summed E-state index contributed by atoms with van der Waals surface area (Å²) in [7, 11) is 1.23. The van der Waals surface area contributed by atoms with Crippen LogP contribution in [0.4, 0.5) is 9.18 Å². The summed E-state index contributed by atoms with van der Waals surface area (Å²) in [5.74, 6) is -0.918. The second-order valence-electron chi connectivity index (χ2n) is 5.47. The molecule has 22 heavy (non-hydrogen) atoms. The molecule has 0 aliphatic carbocycles. The van der Waals surface area contributed by atoms with Crippen molar-refractivity contribution >= 4 is 12.1 Å². The molecule has 122 valence electrons. The van der Waals surface area contributed by atoms with Crippen LogP contribution in [-0.2, 0) is 20.8 Å². The van der Waals surface area contributed by atoms with Crippen molar-refractivity contribution in [3.05, 3.63) is 29.6 Å². The van der Waals surface area contributed by atoms with Gasteiger partial charge in [-0.1, -0.05) is 6.07 Å². The van der Waals surface area contributed by atoms with Gasteiger partial charge in [0, 0.05) is 18.2 Å². The number of halogens is 1. The molecule has 0 atom stereocenters. The van der Waals surface area contributed by atoms with E-state index in [-0.39, 0.29) is 24.5 Å². The van der Waals surface area contributed by atoms with Gasteiger partial charge in [-0.3, -0.25) is 0 Å². The molecule has 1 N–H and O–H groups in total. The van der Waals surface area contributed by atoms with Gasteiger partial charge in [0.25, 0.3) is 0 Å². The van der Waals surface area contributed by atoms with Gasteiger partial charge in [0.2, 0.25) is 0 Å². The van der Waals surface area contributed by atoms with Gasteiger partial charge >= 0.3 is 12.1 Å². The fourth-order valence-electron chi connectivity index (χ4n) is 1.44. The highest BCUT2D eigenvalue weighted by atomic mass is 19.1. The first kappa shape index (κ1) is 17.7.